The number of hydrogen-bond acceptors (Lipinski definition) is 6. The van der Waals surface area contributed by atoms with Gasteiger partial charge >= 0.3 is 11.9 Å². The third-order valence-electron chi connectivity index (χ3n) is 3.20. The van der Waals surface area contributed by atoms with E-state index >= 15 is 0 Å². The van der Waals surface area contributed by atoms with Gasteiger partial charge in [-0.3, -0.25) is 9.59 Å². The highest BCUT2D eigenvalue weighted by molar-refractivity contribution is 5.69. The number of aliphatic hydroxyl groups is 2. The number of esters is 2. The molecule has 0 aliphatic heterocycles. The number of carbonyl (C=O) groups excluding carboxylic acids is 2. The molecule has 0 rings (SSSR count). The van der Waals surface area contributed by atoms with Crippen molar-refractivity contribution in [2.24, 2.45) is 0 Å². The van der Waals surface area contributed by atoms with Crippen LogP contribution in [-0.4, -0.2) is 41.5 Å². The second-order valence-corrected chi connectivity index (χ2v) is 5.90. The molecule has 29 heavy (non-hydrogen) atoms. The minimum atomic E-state index is -1.07. The summed E-state index contributed by atoms with van der Waals surface area (Å²) in [6, 6.07) is 0. The fourth-order valence-corrected chi connectivity index (χ4v) is 1.82. The molecule has 0 aromatic heterocycles. The Morgan fingerprint density at radius 2 is 1.86 bits per heavy atom. The van der Waals surface area contributed by atoms with E-state index in [1.165, 1.54) is 6.92 Å². The van der Waals surface area contributed by atoms with Crippen LogP contribution in [0.25, 0.3) is 0 Å². The summed E-state index contributed by atoms with van der Waals surface area (Å²) in [7, 11) is 0. The molecule has 0 aromatic carbocycles. The van der Waals surface area contributed by atoms with Gasteiger partial charge in [0.1, 0.15) is 12.7 Å². The van der Waals surface area contributed by atoms with Crippen LogP contribution in [0.4, 0.5) is 0 Å². The van der Waals surface area contributed by atoms with E-state index in [4.69, 9.17) is 19.7 Å². The highest BCUT2D eigenvalue weighted by atomic mass is 16.5. The van der Waals surface area contributed by atoms with Crippen LogP contribution in [0.1, 0.15) is 52.4 Å². The quantitative estimate of drug-likeness (QED) is 0.171. The van der Waals surface area contributed by atoms with Crippen molar-refractivity contribution in [1.82, 2.24) is 0 Å². The average Bonchev–Trinajstić information content (AvgIpc) is 2.69. The predicted molar refractivity (Wildman–Crippen MR) is 111 cm³/mol. The standard InChI is InChI=1S/C23H30O6/c1-3-4-5-6-7-8-9-12-15-22(29-20(2)25)16-13-10-11-14-17-23(27)28-19-21(26)18-24/h4-5,7-8,15,21,24,26H,3,6,9,12,14,17-19H2,1-2H3. The molecule has 0 aliphatic rings. The van der Waals surface area contributed by atoms with Gasteiger partial charge in [0.2, 0.25) is 0 Å². The van der Waals surface area contributed by atoms with Crippen molar-refractivity contribution in [3.8, 4) is 23.7 Å². The van der Waals surface area contributed by atoms with Crippen molar-refractivity contribution in [2.45, 2.75) is 58.5 Å². The Kier molecular flexibility index (Phi) is 16.8. The number of rotatable bonds is 12. The summed E-state index contributed by atoms with van der Waals surface area (Å²) in [5.74, 6) is 9.86. The Hall–Kier alpha value is -2.80. The van der Waals surface area contributed by atoms with E-state index in [1.807, 2.05) is 0 Å². The zero-order valence-corrected chi connectivity index (χ0v) is 17.1. The van der Waals surface area contributed by atoms with E-state index in [9.17, 15) is 9.59 Å². The fourth-order valence-electron chi connectivity index (χ4n) is 1.82. The molecule has 0 radical (unpaired) electrons. The molecule has 0 bridgehead atoms. The number of aliphatic hydroxyl groups excluding tert-OH is 2. The zero-order valence-electron chi connectivity index (χ0n) is 17.1. The third kappa shape index (κ3) is 18.3. The topological polar surface area (TPSA) is 93.1 Å². The van der Waals surface area contributed by atoms with Gasteiger partial charge in [0, 0.05) is 13.3 Å². The third-order valence-corrected chi connectivity index (χ3v) is 3.20. The molecule has 0 heterocycles. The molecule has 0 spiro atoms. The molecule has 6 nitrogen and oxygen atoms in total. The first kappa shape index (κ1) is 26.2. The Morgan fingerprint density at radius 1 is 1.10 bits per heavy atom. The van der Waals surface area contributed by atoms with E-state index in [-0.39, 0.29) is 25.2 Å². The summed E-state index contributed by atoms with van der Waals surface area (Å²) < 4.78 is 9.79. The summed E-state index contributed by atoms with van der Waals surface area (Å²) in [6.45, 7) is 2.69. The molecule has 6 heteroatoms. The maximum absolute atomic E-state index is 11.4. The smallest absolute Gasteiger partial charge is 0.308 e. The van der Waals surface area contributed by atoms with Gasteiger partial charge in [-0.2, -0.15) is 0 Å². The van der Waals surface area contributed by atoms with Crippen molar-refractivity contribution in [2.75, 3.05) is 13.2 Å². The Bertz CT molecular complexity index is 694. The maximum atomic E-state index is 11.4. The van der Waals surface area contributed by atoms with Crippen LogP contribution in [0.2, 0.25) is 0 Å². The molecule has 0 saturated carbocycles. The van der Waals surface area contributed by atoms with Crippen LogP contribution < -0.4 is 0 Å². The molecule has 2 N–H and O–H groups in total. The highest BCUT2D eigenvalue weighted by Crippen LogP contribution is 2.03. The molecule has 0 aliphatic carbocycles. The van der Waals surface area contributed by atoms with Gasteiger partial charge < -0.3 is 19.7 Å². The average molecular weight is 402 g/mol. The van der Waals surface area contributed by atoms with Crippen molar-refractivity contribution in [1.29, 1.82) is 0 Å². The van der Waals surface area contributed by atoms with E-state index in [2.05, 4.69) is 54.9 Å². The van der Waals surface area contributed by atoms with Gasteiger partial charge in [-0.1, -0.05) is 37.1 Å². The van der Waals surface area contributed by atoms with Crippen LogP contribution in [0.3, 0.4) is 0 Å². The fraction of sp³-hybridized carbons (Fsp3) is 0.478. The van der Waals surface area contributed by atoms with Gasteiger partial charge in [0.05, 0.1) is 13.0 Å². The lowest BCUT2D eigenvalue weighted by atomic mass is 10.2. The van der Waals surface area contributed by atoms with Crippen LogP contribution >= 0.6 is 0 Å². The molecule has 0 fully saturated rings. The summed E-state index contributed by atoms with van der Waals surface area (Å²) >= 11 is 0. The summed E-state index contributed by atoms with van der Waals surface area (Å²) in [5, 5.41) is 17.7. The van der Waals surface area contributed by atoms with E-state index in [0.29, 0.717) is 6.42 Å². The van der Waals surface area contributed by atoms with Crippen molar-refractivity contribution in [3.63, 3.8) is 0 Å². The first-order valence-electron chi connectivity index (χ1n) is 9.61. The van der Waals surface area contributed by atoms with Gasteiger partial charge in [-0.25, -0.2) is 0 Å². The van der Waals surface area contributed by atoms with Crippen LogP contribution in [0.15, 0.2) is 36.1 Å². The van der Waals surface area contributed by atoms with E-state index in [1.54, 1.807) is 6.08 Å². The monoisotopic (exact) mass is 402 g/mol. The van der Waals surface area contributed by atoms with Crippen LogP contribution in [0.5, 0.6) is 0 Å². The van der Waals surface area contributed by atoms with Gasteiger partial charge in [-0.05, 0) is 49.5 Å². The molecule has 158 valence electrons. The molecule has 0 amide bonds. The lowest BCUT2D eigenvalue weighted by molar-refractivity contribution is -0.147. The molecular formula is C23H30O6. The van der Waals surface area contributed by atoms with Gasteiger partial charge in [0.15, 0.2) is 5.76 Å². The number of allylic oxidation sites excluding steroid dienone is 6. The second-order valence-electron chi connectivity index (χ2n) is 5.90. The Balaban J connectivity index is 4.40. The van der Waals surface area contributed by atoms with E-state index < -0.39 is 24.6 Å². The maximum Gasteiger partial charge on any atom is 0.308 e. The number of unbranched alkanes of at least 4 members (excludes halogenated alkanes) is 1. The van der Waals surface area contributed by atoms with Crippen molar-refractivity contribution >= 4 is 11.9 Å². The lowest BCUT2D eigenvalue weighted by Crippen LogP contribution is -2.21. The normalized spacial score (nSPS) is 12.1. The Labute approximate surface area is 173 Å². The largest absolute Gasteiger partial charge is 0.463 e. The summed E-state index contributed by atoms with van der Waals surface area (Å²) in [6.07, 6.45) is 12.8. The van der Waals surface area contributed by atoms with Crippen molar-refractivity contribution in [3.05, 3.63) is 36.1 Å². The minimum Gasteiger partial charge on any atom is -0.463 e. The van der Waals surface area contributed by atoms with Gasteiger partial charge in [0.25, 0.3) is 0 Å². The molecular weight excluding hydrogens is 372 g/mol. The van der Waals surface area contributed by atoms with Gasteiger partial charge in [-0.15, -0.1) is 0 Å². The summed E-state index contributed by atoms with van der Waals surface area (Å²) in [5.41, 5.74) is 0. The number of hydrogen-bond donors (Lipinski definition) is 2. The molecule has 0 saturated heterocycles. The van der Waals surface area contributed by atoms with Crippen LogP contribution in [0, 0.1) is 23.7 Å². The number of ether oxygens (including phenoxy) is 2. The Morgan fingerprint density at radius 3 is 2.55 bits per heavy atom. The predicted octanol–water partition coefficient (Wildman–Crippen LogP) is 2.81. The minimum absolute atomic E-state index is 0.0548. The highest BCUT2D eigenvalue weighted by Gasteiger charge is 2.06. The van der Waals surface area contributed by atoms with Crippen LogP contribution in [-0.2, 0) is 19.1 Å². The second kappa shape index (κ2) is 18.6. The van der Waals surface area contributed by atoms with Crippen molar-refractivity contribution < 1.29 is 29.3 Å². The number of carbonyl (C=O) groups is 2. The molecule has 1 unspecified atom stereocenters. The zero-order chi connectivity index (χ0) is 21.7. The molecule has 0 aromatic rings. The first-order chi connectivity index (χ1) is 14.0. The van der Waals surface area contributed by atoms with E-state index in [0.717, 1.165) is 19.3 Å². The molecule has 1 atom stereocenters. The lowest BCUT2D eigenvalue weighted by Gasteiger charge is -2.07. The summed E-state index contributed by atoms with van der Waals surface area (Å²) in [4.78, 5) is 22.5. The first-order valence-corrected chi connectivity index (χ1v) is 9.61. The SMILES string of the molecule is CCC=CCC=CCCC=C(C#CC#CCCC(=O)OCC(O)CO)OC(C)=O.